The molecule has 0 spiro atoms. The van der Waals surface area contributed by atoms with Crippen LogP contribution < -0.4 is 14.4 Å². The van der Waals surface area contributed by atoms with Crippen molar-refractivity contribution < 1.29 is 22.7 Å². The topological polar surface area (TPSA) is 96.0 Å². The third-order valence-electron chi connectivity index (χ3n) is 7.90. The Hall–Kier alpha value is -3.50. The van der Waals surface area contributed by atoms with E-state index in [4.69, 9.17) is 4.74 Å². The Morgan fingerprint density at radius 1 is 0.932 bits per heavy atom. The van der Waals surface area contributed by atoms with E-state index in [0.29, 0.717) is 24.5 Å². The molecule has 1 fully saturated rings. The smallest absolute Gasteiger partial charge is 0.264 e. The molecule has 0 radical (unpaired) electrons. The second-order valence-electron chi connectivity index (χ2n) is 10.9. The van der Waals surface area contributed by atoms with E-state index in [1.54, 1.807) is 48.5 Å². The van der Waals surface area contributed by atoms with E-state index >= 15 is 0 Å². The monoisotopic (exact) mass is 637 g/mol. The summed E-state index contributed by atoms with van der Waals surface area (Å²) in [6, 6.07) is 22.1. The Labute approximate surface area is 266 Å². The van der Waals surface area contributed by atoms with Crippen LogP contribution in [0.3, 0.4) is 0 Å². The lowest BCUT2D eigenvalue weighted by molar-refractivity contribution is -0.140. The van der Waals surface area contributed by atoms with Crippen molar-refractivity contribution in [2.75, 3.05) is 23.7 Å². The maximum absolute atomic E-state index is 14.3. The number of nitrogens with zero attached hydrogens (tertiary/aromatic N) is 2. The summed E-state index contributed by atoms with van der Waals surface area (Å²) in [4.78, 5) is 30.5. The molecule has 3 aromatic carbocycles. The zero-order chi connectivity index (χ0) is 31.5. The van der Waals surface area contributed by atoms with Crippen LogP contribution in [0.15, 0.2) is 88.7 Å². The molecule has 236 valence electrons. The molecule has 1 N–H and O–H groups in total. The van der Waals surface area contributed by atoms with Gasteiger partial charge in [0.1, 0.15) is 18.3 Å². The summed E-state index contributed by atoms with van der Waals surface area (Å²) >= 11 is 1.51. The van der Waals surface area contributed by atoms with Gasteiger partial charge >= 0.3 is 0 Å². The highest BCUT2D eigenvalue weighted by Gasteiger charge is 2.34. The number of sulfonamides is 1. The SMILES string of the molecule is CCOc1ccc(N(CC(=O)N(Cc2ccccc2)C(CC)C(=O)NC2CCCCC2)S(=O)(=O)c2ccc(SC)cc2)cc1. The molecule has 44 heavy (non-hydrogen) atoms. The highest BCUT2D eigenvalue weighted by molar-refractivity contribution is 7.98. The largest absolute Gasteiger partial charge is 0.494 e. The van der Waals surface area contributed by atoms with Crippen molar-refractivity contribution in [1.29, 1.82) is 0 Å². The molecule has 3 aromatic rings. The van der Waals surface area contributed by atoms with Crippen LogP contribution in [0, 0.1) is 0 Å². The normalized spacial score (nSPS) is 14.4. The molecule has 1 unspecified atom stereocenters. The maximum Gasteiger partial charge on any atom is 0.264 e. The van der Waals surface area contributed by atoms with Gasteiger partial charge < -0.3 is 15.0 Å². The number of hydrogen-bond acceptors (Lipinski definition) is 6. The molecule has 0 aliphatic heterocycles. The van der Waals surface area contributed by atoms with Crippen LogP contribution in [0.25, 0.3) is 0 Å². The van der Waals surface area contributed by atoms with Crippen molar-refractivity contribution in [3.05, 3.63) is 84.4 Å². The summed E-state index contributed by atoms with van der Waals surface area (Å²) in [6.45, 7) is 3.93. The summed E-state index contributed by atoms with van der Waals surface area (Å²) in [5.41, 5.74) is 1.18. The Balaban J connectivity index is 1.69. The number of thioether (sulfide) groups is 1. The third kappa shape index (κ3) is 8.57. The fourth-order valence-corrected chi connectivity index (χ4v) is 7.35. The first kappa shape index (κ1) is 33.4. The predicted molar refractivity (Wildman–Crippen MR) is 176 cm³/mol. The minimum Gasteiger partial charge on any atom is -0.494 e. The third-order valence-corrected chi connectivity index (χ3v) is 10.4. The van der Waals surface area contributed by atoms with Crippen molar-refractivity contribution in [2.45, 2.75) is 80.8 Å². The van der Waals surface area contributed by atoms with Crippen molar-refractivity contribution in [1.82, 2.24) is 10.2 Å². The molecule has 4 rings (SSSR count). The fraction of sp³-hybridized carbons (Fsp3) is 0.412. The number of amides is 2. The fourth-order valence-electron chi connectivity index (χ4n) is 5.52. The Morgan fingerprint density at radius 3 is 2.18 bits per heavy atom. The summed E-state index contributed by atoms with van der Waals surface area (Å²) < 4.78 is 35.0. The van der Waals surface area contributed by atoms with E-state index in [1.165, 1.54) is 16.7 Å². The molecule has 10 heteroatoms. The van der Waals surface area contributed by atoms with Gasteiger partial charge in [-0.3, -0.25) is 13.9 Å². The van der Waals surface area contributed by atoms with E-state index in [9.17, 15) is 18.0 Å². The molecule has 0 bridgehead atoms. The Kier molecular flexibility index (Phi) is 12.1. The number of nitrogens with one attached hydrogen (secondary N) is 1. The number of ether oxygens (including phenoxy) is 1. The van der Waals surface area contributed by atoms with Crippen LogP contribution in [0.4, 0.5) is 5.69 Å². The zero-order valence-electron chi connectivity index (χ0n) is 25.8. The molecule has 1 atom stereocenters. The predicted octanol–water partition coefficient (Wildman–Crippen LogP) is 6.26. The van der Waals surface area contributed by atoms with Crippen LogP contribution in [0.5, 0.6) is 5.75 Å². The van der Waals surface area contributed by atoms with E-state index in [1.807, 2.05) is 50.4 Å². The first-order valence-electron chi connectivity index (χ1n) is 15.3. The number of benzene rings is 3. The minimum atomic E-state index is -4.15. The molecule has 0 aromatic heterocycles. The van der Waals surface area contributed by atoms with Gasteiger partial charge in [0.15, 0.2) is 0 Å². The van der Waals surface area contributed by atoms with Crippen LogP contribution in [-0.2, 0) is 26.2 Å². The van der Waals surface area contributed by atoms with Crippen LogP contribution in [0.2, 0.25) is 0 Å². The maximum atomic E-state index is 14.3. The molecule has 8 nitrogen and oxygen atoms in total. The van der Waals surface area contributed by atoms with Crippen LogP contribution in [0.1, 0.15) is 57.9 Å². The van der Waals surface area contributed by atoms with Crippen molar-refractivity contribution in [2.24, 2.45) is 0 Å². The van der Waals surface area contributed by atoms with E-state index in [0.717, 1.165) is 46.9 Å². The number of carbonyl (C=O) groups is 2. The van der Waals surface area contributed by atoms with Crippen molar-refractivity contribution >= 4 is 39.3 Å². The van der Waals surface area contributed by atoms with Gasteiger partial charge in [0.25, 0.3) is 10.0 Å². The Morgan fingerprint density at radius 2 is 1.59 bits per heavy atom. The molecular weight excluding hydrogens is 595 g/mol. The summed E-state index contributed by atoms with van der Waals surface area (Å²) in [7, 11) is -4.15. The second-order valence-corrected chi connectivity index (χ2v) is 13.6. The number of rotatable bonds is 14. The standard InChI is InChI=1S/C34H43N3O5S2/c1-4-32(34(39)35-27-14-10-7-11-15-27)36(24-26-12-8-6-9-13-26)33(38)25-37(28-16-18-29(19-17-28)42-5-2)44(40,41)31-22-20-30(43-3)21-23-31/h6,8-9,12-13,16-23,27,32H,4-5,7,10-11,14-15,24-25H2,1-3H3,(H,35,39). The number of anilines is 1. The van der Waals surface area contributed by atoms with Gasteiger partial charge in [0, 0.05) is 17.5 Å². The first-order chi connectivity index (χ1) is 21.3. The molecule has 0 saturated heterocycles. The van der Waals surface area contributed by atoms with E-state index in [-0.39, 0.29) is 23.4 Å². The highest BCUT2D eigenvalue weighted by Crippen LogP contribution is 2.28. The number of carbonyl (C=O) groups excluding carboxylic acids is 2. The molecule has 1 aliphatic carbocycles. The van der Waals surface area contributed by atoms with Gasteiger partial charge in [-0.1, -0.05) is 56.5 Å². The summed E-state index contributed by atoms with van der Waals surface area (Å²) in [5, 5.41) is 3.18. The Bertz CT molecular complexity index is 1460. The second kappa shape index (κ2) is 16.0. The van der Waals surface area contributed by atoms with Gasteiger partial charge in [-0.25, -0.2) is 8.42 Å². The van der Waals surface area contributed by atoms with Gasteiger partial charge in [0.05, 0.1) is 17.2 Å². The zero-order valence-corrected chi connectivity index (χ0v) is 27.4. The minimum absolute atomic E-state index is 0.0775. The average molecular weight is 638 g/mol. The van der Waals surface area contributed by atoms with E-state index < -0.39 is 28.5 Å². The quantitative estimate of drug-likeness (QED) is 0.210. The number of hydrogen-bond donors (Lipinski definition) is 1. The molecule has 1 saturated carbocycles. The lowest BCUT2D eigenvalue weighted by atomic mass is 9.95. The summed E-state index contributed by atoms with van der Waals surface area (Å²) in [6.07, 6.45) is 7.47. The molecule has 0 heterocycles. The molecule has 1 aliphatic rings. The molecular formula is C34H43N3O5S2. The van der Waals surface area contributed by atoms with Gasteiger partial charge in [0.2, 0.25) is 11.8 Å². The van der Waals surface area contributed by atoms with Crippen LogP contribution in [-0.4, -0.2) is 56.6 Å². The lowest BCUT2D eigenvalue weighted by Gasteiger charge is -2.34. The van der Waals surface area contributed by atoms with Crippen molar-refractivity contribution in [3.8, 4) is 5.75 Å². The van der Waals surface area contributed by atoms with E-state index in [2.05, 4.69) is 5.32 Å². The van der Waals surface area contributed by atoms with Crippen LogP contribution >= 0.6 is 11.8 Å². The highest BCUT2D eigenvalue weighted by atomic mass is 32.2. The lowest BCUT2D eigenvalue weighted by Crippen LogP contribution is -2.54. The van der Waals surface area contributed by atoms with Gasteiger partial charge in [-0.2, -0.15) is 0 Å². The molecule has 2 amide bonds. The summed E-state index contributed by atoms with van der Waals surface area (Å²) in [5.74, 6) is -0.0649. The van der Waals surface area contributed by atoms with Gasteiger partial charge in [-0.15, -0.1) is 11.8 Å². The van der Waals surface area contributed by atoms with Gasteiger partial charge in [-0.05, 0) is 86.5 Å². The first-order valence-corrected chi connectivity index (χ1v) is 18.0. The average Bonchev–Trinajstić information content (AvgIpc) is 3.05. The van der Waals surface area contributed by atoms with Crippen molar-refractivity contribution in [3.63, 3.8) is 0 Å².